The fourth-order valence-electron chi connectivity index (χ4n) is 4.38. The number of carbonyl (C=O) groups excluding carboxylic acids is 2. The van der Waals surface area contributed by atoms with Crippen molar-refractivity contribution in [1.82, 2.24) is 10.2 Å². The van der Waals surface area contributed by atoms with Gasteiger partial charge in [-0.3, -0.25) is 9.69 Å². The summed E-state index contributed by atoms with van der Waals surface area (Å²) < 4.78 is 5.84. The lowest BCUT2D eigenvalue weighted by Crippen LogP contribution is -2.46. The average molecular weight is 399 g/mol. The SMILES string of the molecule is Cc1cc(OCCN2C(=O)NC3(CCCc4sccc43)C2=O)ccc1C(C)C. The number of thiophene rings is 1. The Bertz CT molecular complexity index is 920. The van der Waals surface area contributed by atoms with Crippen LogP contribution in [0.25, 0.3) is 0 Å². The van der Waals surface area contributed by atoms with Gasteiger partial charge >= 0.3 is 6.03 Å². The summed E-state index contributed by atoms with van der Waals surface area (Å²) in [5, 5.41) is 4.98. The van der Waals surface area contributed by atoms with E-state index in [9.17, 15) is 9.59 Å². The van der Waals surface area contributed by atoms with Crippen LogP contribution in [0.2, 0.25) is 0 Å². The molecule has 1 aromatic carbocycles. The Hall–Kier alpha value is -2.34. The molecule has 1 aliphatic heterocycles. The molecule has 1 saturated heterocycles. The number of carbonyl (C=O) groups is 2. The summed E-state index contributed by atoms with van der Waals surface area (Å²) in [4.78, 5) is 28.2. The first kappa shape index (κ1) is 19.0. The molecule has 1 N–H and O–H groups in total. The molecule has 2 aromatic rings. The molecule has 2 heterocycles. The van der Waals surface area contributed by atoms with E-state index in [1.165, 1.54) is 20.9 Å². The molecule has 1 fully saturated rings. The van der Waals surface area contributed by atoms with E-state index in [0.29, 0.717) is 12.3 Å². The van der Waals surface area contributed by atoms with Crippen molar-refractivity contribution in [3.05, 3.63) is 51.2 Å². The molecule has 1 unspecified atom stereocenters. The molecule has 2 aliphatic rings. The van der Waals surface area contributed by atoms with Crippen LogP contribution < -0.4 is 10.1 Å². The molecular weight excluding hydrogens is 372 g/mol. The van der Waals surface area contributed by atoms with Gasteiger partial charge in [0.2, 0.25) is 0 Å². The smallest absolute Gasteiger partial charge is 0.325 e. The fourth-order valence-corrected chi connectivity index (χ4v) is 5.38. The van der Waals surface area contributed by atoms with E-state index >= 15 is 0 Å². The molecule has 1 aliphatic carbocycles. The molecule has 0 radical (unpaired) electrons. The maximum Gasteiger partial charge on any atom is 0.325 e. The average Bonchev–Trinajstić information content (AvgIpc) is 3.22. The van der Waals surface area contributed by atoms with Crippen LogP contribution in [0.15, 0.2) is 29.6 Å². The molecule has 28 heavy (non-hydrogen) atoms. The van der Waals surface area contributed by atoms with E-state index < -0.39 is 5.54 Å². The van der Waals surface area contributed by atoms with E-state index in [2.05, 4.69) is 32.2 Å². The van der Waals surface area contributed by atoms with Crippen LogP contribution in [0, 0.1) is 6.92 Å². The lowest BCUT2D eigenvalue weighted by molar-refractivity contribution is -0.132. The number of hydrogen-bond acceptors (Lipinski definition) is 4. The first-order valence-electron chi connectivity index (χ1n) is 9.86. The number of ether oxygens (including phenoxy) is 1. The zero-order valence-corrected chi connectivity index (χ0v) is 17.4. The Morgan fingerprint density at radius 2 is 2.11 bits per heavy atom. The number of nitrogens with zero attached hydrogens (tertiary/aromatic N) is 1. The number of nitrogens with one attached hydrogen (secondary N) is 1. The summed E-state index contributed by atoms with van der Waals surface area (Å²) in [6.45, 7) is 6.94. The minimum atomic E-state index is -0.875. The van der Waals surface area contributed by atoms with Gasteiger partial charge in [-0.2, -0.15) is 0 Å². The molecular formula is C22H26N2O3S. The van der Waals surface area contributed by atoms with Crippen LogP contribution in [0.3, 0.4) is 0 Å². The summed E-state index contributed by atoms with van der Waals surface area (Å²) in [5.74, 6) is 1.09. The van der Waals surface area contributed by atoms with Crippen LogP contribution >= 0.6 is 11.3 Å². The summed E-state index contributed by atoms with van der Waals surface area (Å²) in [6.07, 6.45) is 2.55. The van der Waals surface area contributed by atoms with Crippen molar-refractivity contribution in [3.8, 4) is 5.75 Å². The normalized spacial score (nSPS) is 21.4. The Kier molecular flexibility index (Phi) is 4.91. The number of urea groups is 1. The molecule has 0 bridgehead atoms. The van der Waals surface area contributed by atoms with Crippen molar-refractivity contribution in [2.45, 2.75) is 51.5 Å². The van der Waals surface area contributed by atoms with Gasteiger partial charge in [0.05, 0.1) is 6.54 Å². The van der Waals surface area contributed by atoms with E-state index in [0.717, 1.165) is 24.2 Å². The van der Waals surface area contributed by atoms with Gasteiger partial charge in [-0.05, 0) is 66.8 Å². The Morgan fingerprint density at radius 1 is 1.29 bits per heavy atom. The van der Waals surface area contributed by atoms with Crippen molar-refractivity contribution < 1.29 is 14.3 Å². The molecule has 148 valence electrons. The largest absolute Gasteiger partial charge is 0.492 e. The van der Waals surface area contributed by atoms with Crippen LogP contribution in [0.5, 0.6) is 5.75 Å². The molecule has 1 spiro atoms. The van der Waals surface area contributed by atoms with Crippen molar-refractivity contribution in [1.29, 1.82) is 0 Å². The maximum atomic E-state index is 13.2. The lowest BCUT2D eigenvalue weighted by atomic mass is 9.80. The zero-order chi connectivity index (χ0) is 19.9. The topological polar surface area (TPSA) is 58.6 Å². The van der Waals surface area contributed by atoms with Gasteiger partial charge < -0.3 is 10.1 Å². The number of imide groups is 1. The van der Waals surface area contributed by atoms with Gasteiger partial charge in [0.15, 0.2) is 0 Å². The fraction of sp³-hybridized carbons (Fsp3) is 0.455. The first-order chi connectivity index (χ1) is 13.4. The Labute approximate surface area is 169 Å². The minimum Gasteiger partial charge on any atom is -0.492 e. The van der Waals surface area contributed by atoms with Crippen LogP contribution in [-0.2, 0) is 16.8 Å². The number of amides is 3. The van der Waals surface area contributed by atoms with Gasteiger partial charge in [0.1, 0.15) is 17.9 Å². The molecule has 0 saturated carbocycles. The van der Waals surface area contributed by atoms with Crippen molar-refractivity contribution in [2.75, 3.05) is 13.2 Å². The van der Waals surface area contributed by atoms with Gasteiger partial charge in [0.25, 0.3) is 5.91 Å². The summed E-state index contributed by atoms with van der Waals surface area (Å²) in [6, 6.07) is 7.71. The number of fused-ring (bicyclic) bond motifs is 2. The monoisotopic (exact) mass is 398 g/mol. The highest BCUT2D eigenvalue weighted by atomic mass is 32.1. The van der Waals surface area contributed by atoms with Crippen LogP contribution in [0.4, 0.5) is 4.79 Å². The highest BCUT2D eigenvalue weighted by molar-refractivity contribution is 7.10. The van der Waals surface area contributed by atoms with Gasteiger partial charge in [-0.15, -0.1) is 11.3 Å². The third-order valence-corrected chi connectivity index (χ3v) is 6.76. The highest BCUT2D eigenvalue weighted by Crippen LogP contribution is 2.42. The second-order valence-electron chi connectivity index (χ2n) is 7.92. The number of benzene rings is 1. The predicted octanol–water partition coefficient (Wildman–Crippen LogP) is 4.34. The van der Waals surface area contributed by atoms with Crippen LogP contribution in [0.1, 0.15) is 54.2 Å². The highest BCUT2D eigenvalue weighted by Gasteiger charge is 2.54. The number of aryl methyl sites for hydroxylation is 2. The molecule has 1 aromatic heterocycles. The zero-order valence-electron chi connectivity index (χ0n) is 16.6. The van der Waals surface area contributed by atoms with Crippen molar-refractivity contribution in [3.63, 3.8) is 0 Å². The standard InChI is InChI=1S/C22H26N2O3S/c1-14(2)17-7-6-16(13-15(17)3)27-11-10-24-20(25)22(23-21(24)26)9-4-5-19-18(22)8-12-28-19/h6-8,12-14H,4-5,9-11H2,1-3H3,(H,23,26). The quantitative estimate of drug-likeness (QED) is 0.762. The molecule has 4 rings (SSSR count). The first-order valence-corrected chi connectivity index (χ1v) is 10.7. The third-order valence-electron chi connectivity index (χ3n) is 5.78. The van der Waals surface area contributed by atoms with E-state index in [4.69, 9.17) is 4.74 Å². The summed E-state index contributed by atoms with van der Waals surface area (Å²) >= 11 is 1.66. The van der Waals surface area contributed by atoms with Gasteiger partial charge in [-0.25, -0.2) is 4.79 Å². The number of hydrogen-bond donors (Lipinski definition) is 1. The van der Waals surface area contributed by atoms with Gasteiger partial charge in [0, 0.05) is 10.4 Å². The molecule has 5 nitrogen and oxygen atoms in total. The number of rotatable bonds is 5. The molecule has 1 atom stereocenters. The predicted molar refractivity (Wildman–Crippen MR) is 110 cm³/mol. The molecule has 6 heteroatoms. The third kappa shape index (κ3) is 3.09. The second-order valence-corrected chi connectivity index (χ2v) is 8.93. The van der Waals surface area contributed by atoms with E-state index in [1.807, 2.05) is 23.6 Å². The minimum absolute atomic E-state index is 0.146. The Morgan fingerprint density at radius 3 is 2.86 bits per heavy atom. The van der Waals surface area contributed by atoms with E-state index in [-0.39, 0.29) is 25.1 Å². The molecule has 3 amide bonds. The summed E-state index contributed by atoms with van der Waals surface area (Å²) in [7, 11) is 0. The Balaban J connectivity index is 1.43. The van der Waals surface area contributed by atoms with Crippen molar-refractivity contribution >= 4 is 23.3 Å². The second kappa shape index (κ2) is 7.24. The van der Waals surface area contributed by atoms with E-state index in [1.54, 1.807) is 11.3 Å². The van der Waals surface area contributed by atoms with Crippen molar-refractivity contribution in [2.24, 2.45) is 0 Å². The van der Waals surface area contributed by atoms with Crippen LogP contribution in [-0.4, -0.2) is 30.0 Å². The summed E-state index contributed by atoms with van der Waals surface area (Å²) in [5.41, 5.74) is 2.59. The lowest BCUT2D eigenvalue weighted by Gasteiger charge is -2.31. The maximum absolute atomic E-state index is 13.2. The van der Waals surface area contributed by atoms with Gasteiger partial charge in [-0.1, -0.05) is 19.9 Å².